The van der Waals surface area contributed by atoms with Crippen LogP contribution in [-0.4, -0.2) is 56.3 Å². The highest BCUT2D eigenvalue weighted by molar-refractivity contribution is 7.89. The van der Waals surface area contributed by atoms with Gasteiger partial charge < -0.3 is 9.73 Å². The maximum atomic E-state index is 14.9. The number of hydrogen-bond acceptors (Lipinski definition) is 9. The van der Waals surface area contributed by atoms with Gasteiger partial charge in [-0.15, -0.1) is 15.3 Å². The summed E-state index contributed by atoms with van der Waals surface area (Å²) < 4.78 is 49.5. The van der Waals surface area contributed by atoms with Crippen molar-refractivity contribution in [1.82, 2.24) is 39.8 Å². The molecule has 5 rings (SSSR count). The molecule has 1 fully saturated rings. The number of hydrogen-bond donors (Lipinski definition) is 3. The average Bonchev–Trinajstić information content (AvgIpc) is 3.43. The second-order valence-electron chi connectivity index (χ2n) is 9.98. The van der Waals surface area contributed by atoms with Crippen LogP contribution < -0.4 is 15.4 Å². The van der Waals surface area contributed by atoms with E-state index < -0.39 is 27.4 Å². The lowest BCUT2D eigenvalue weighted by atomic mass is 10.1. The Morgan fingerprint density at radius 3 is 2.71 bits per heavy atom. The number of sulfonamides is 1. The van der Waals surface area contributed by atoms with E-state index >= 15 is 0 Å². The Balaban J connectivity index is 1.27. The molecule has 1 saturated carbocycles. The number of anilines is 1. The van der Waals surface area contributed by atoms with Gasteiger partial charge in [-0.25, -0.2) is 26.8 Å². The fraction of sp³-hybridized carbons (Fsp3) is 0.391. The Morgan fingerprint density at radius 1 is 1.18 bits per heavy atom. The standard InChI is InChI=1S/C23H26FN9O4S/c1-23(2,3)32-38(35,36)16-8-14(10-25-11-16)15-9-17(24)19-27-21(31-33(19)12-15)28-22(34)26-7-6-18-29-30-20(37-18)13-4-5-13/h8-13,32H,4-7H2,1-3H3,(H2,26,28,31,34). The molecule has 0 unspecified atom stereocenters. The van der Waals surface area contributed by atoms with Gasteiger partial charge in [-0.2, -0.15) is 4.98 Å². The van der Waals surface area contributed by atoms with Crippen molar-refractivity contribution in [2.24, 2.45) is 0 Å². The number of aromatic nitrogens is 6. The van der Waals surface area contributed by atoms with E-state index in [1.807, 2.05) is 0 Å². The van der Waals surface area contributed by atoms with E-state index in [1.54, 1.807) is 20.8 Å². The lowest BCUT2D eigenvalue weighted by Crippen LogP contribution is -2.40. The molecule has 3 N–H and O–H groups in total. The van der Waals surface area contributed by atoms with Crippen molar-refractivity contribution in [1.29, 1.82) is 0 Å². The number of halogens is 1. The third-order valence-electron chi connectivity index (χ3n) is 5.44. The molecule has 4 aromatic heterocycles. The number of carbonyl (C=O) groups excluding carboxylic acids is 1. The number of amides is 2. The summed E-state index contributed by atoms with van der Waals surface area (Å²) in [5, 5.41) is 17.2. The molecular formula is C23H26FN9O4S. The molecule has 0 aliphatic heterocycles. The monoisotopic (exact) mass is 543 g/mol. The van der Waals surface area contributed by atoms with Crippen LogP contribution in [0.5, 0.6) is 0 Å². The molecule has 4 heterocycles. The first-order valence-corrected chi connectivity index (χ1v) is 13.4. The molecule has 0 aromatic carbocycles. The Morgan fingerprint density at radius 2 is 1.97 bits per heavy atom. The molecule has 0 atom stereocenters. The number of pyridine rings is 2. The predicted octanol–water partition coefficient (Wildman–Crippen LogP) is 2.63. The zero-order valence-electron chi connectivity index (χ0n) is 20.9. The van der Waals surface area contributed by atoms with Crippen molar-refractivity contribution in [2.45, 2.75) is 56.4 Å². The van der Waals surface area contributed by atoms with Crippen molar-refractivity contribution in [3.63, 3.8) is 0 Å². The van der Waals surface area contributed by atoms with Gasteiger partial charge in [0, 0.05) is 54.1 Å². The molecule has 0 saturated heterocycles. The van der Waals surface area contributed by atoms with Crippen LogP contribution in [0.25, 0.3) is 16.8 Å². The van der Waals surface area contributed by atoms with Crippen LogP contribution in [0.2, 0.25) is 0 Å². The highest BCUT2D eigenvalue weighted by atomic mass is 32.2. The summed E-state index contributed by atoms with van der Waals surface area (Å²) in [7, 11) is -3.84. The minimum atomic E-state index is -3.84. The molecule has 38 heavy (non-hydrogen) atoms. The fourth-order valence-electron chi connectivity index (χ4n) is 3.63. The molecule has 0 spiro atoms. The molecule has 1 aliphatic carbocycles. The minimum absolute atomic E-state index is 0.0626. The number of fused-ring (bicyclic) bond motifs is 1. The van der Waals surface area contributed by atoms with Crippen molar-refractivity contribution >= 4 is 27.6 Å². The zero-order valence-corrected chi connectivity index (χ0v) is 21.7. The summed E-state index contributed by atoms with van der Waals surface area (Å²) >= 11 is 0. The highest BCUT2D eigenvalue weighted by Gasteiger charge is 2.29. The van der Waals surface area contributed by atoms with Gasteiger partial charge in [0.25, 0.3) is 5.95 Å². The first-order valence-electron chi connectivity index (χ1n) is 11.9. The van der Waals surface area contributed by atoms with Gasteiger partial charge in [0.2, 0.25) is 21.8 Å². The van der Waals surface area contributed by atoms with Crippen molar-refractivity contribution < 1.29 is 22.0 Å². The smallest absolute Gasteiger partial charge is 0.321 e. The first-order chi connectivity index (χ1) is 18.0. The van der Waals surface area contributed by atoms with Gasteiger partial charge in [-0.3, -0.25) is 10.3 Å². The molecule has 4 aromatic rings. The van der Waals surface area contributed by atoms with E-state index in [4.69, 9.17) is 4.42 Å². The Labute approximate surface area is 217 Å². The molecule has 2 amide bonds. The maximum absolute atomic E-state index is 14.9. The summed E-state index contributed by atoms with van der Waals surface area (Å²) in [4.78, 5) is 20.2. The molecule has 200 valence electrons. The van der Waals surface area contributed by atoms with Crippen LogP contribution in [0.4, 0.5) is 15.1 Å². The topological polar surface area (TPSA) is 169 Å². The van der Waals surface area contributed by atoms with Crippen LogP contribution >= 0.6 is 0 Å². The van der Waals surface area contributed by atoms with Crippen LogP contribution in [0.3, 0.4) is 0 Å². The van der Waals surface area contributed by atoms with E-state index in [-0.39, 0.29) is 23.0 Å². The zero-order chi connectivity index (χ0) is 27.1. The summed E-state index contributed by atoms with van der Waals surface area (Å²) in [6.45, 7) is 5.40. The lowest BCUT2D eigenvalue weighted by molar-refractivity contribution is 0.252. The first kappa shape index (κ1) is 25.7. The third kappa shape index (κ3) is 5.94. The lowest BCUT2D eigenvalue weighted by Gasteiger charge is -2.20. The Bertz CT molecular complexity index is 1610. The van der Waals surface area contributed by atoms with Crippen LogP contribution in [-0.2, 0) is 16.4 Å². The van der Waals surface area contributed by atoms with Crippen molar-refractivity contribution in [2.75, 3.05) is 11.9 Å². The number of rotatable bonds is 8. The molecular weight excluding hydrogens is 517 g/mol. The highest BCUT2D eigenvalue weighted by Crippen LogP contribution is 2.39. The van der Waals surface area contributed by atoms with Crippen LogP contribution in [0, 0.1) is 5.82 Å². The summed E-state index contributed by atoms with van der Waals surface area (Å²) in [6.07, 6.45) is 6.56. The molecule has 1 aliphatic rings. The molecule has 15 heteroatoms. The molecule has 13 nitrogen and oxygen atoms in total. The quantitative estimate of drug-likeness (QED) is 0.302. The fourth-order valence-corrected chi connectivity index (χ4v) is 5.04. The largest absolute Gasteiger partial charge is 0.425 e. The second kappa shape index (κ2) is 9.72. The Kier molecular flexibility index (Phi) is 6.56. The molecule has 0 radical (unpaired) electrons. The van der Waals surface area contributed by atoms with Gasteiger partial charge >= 0.3 is 6.03 Å². The summed E-state index contributed by atoms with van der Waals surface area (Å²) in [6, 6.07) is 2.00. The summed E-state index contributed by atoms with van der Waals surface area (Å²) in [5.74, 6) is 0.593. The van der Waals surface area contributed by atoms with Gasteiger partial charge in [0.15, 0.2) is 11.5 Å². The van der Waals surface area contributed by atoms with Crippen molar-refractivity contribution in [3.8, 4) is 11.1 Å². The van der Waals surface area contributed by atoms with Gasteiger partial charge in [0.1, 0.15) is 4.90 Å². The normalized spacial score (nSPS) is 14.1. The second-order valence-corrected chi connectivity index (χ2v) is 11.7. The Hall–Kier alpha value is -3.98. The number of nitrogens with one attached hydrogen (secondary N) is 3. The third-order valence-corrected chi connectivity index (χ3v) is 7.17. The summed E-state index contributed by atoms with van der Waals surface area (Å²) in [5.41, 5.74) is -0.130. The number of nitrogens with zero attached hydrogens (tertiary/aromatic N) is 6. The SMILES string of the molecule is CC(C)(C)NS(=O)(=O)c1cncc(-c2cc(F)c3nc(NC(=O)NCCc4nnc(C5CC5)o4)nn3c2)c1. The predicted molar refractivity (Wildman–Crippen MR) is 133 cm³/mol. The van der Waals surface area contributed by atoms with E-state index in [0.717, 1.165) is 17.4 Å². The van der Waals surface area contributed by atoms with E-state index in [0.29, 0.717) is 35.2 Å². The maximum Gasteiger partial charge on any atom is 0.321 e. The van der Waals surface area contributed by atoms with Crippen LogP contribution in [0.15, 0.2) is 40.0 Å². The van der Waals surface area contributed by atoms with E-state index in [9.17, 15) is 17.6 Å². The van der Waals surface area contributed by atoms with Gasteiger partial charge in [0.05, 0.1) is 0 Å². The number of urea groups is 1. The molecule has 0 bridgehead atoms. The van der Waals surface area contributed by atoms with Gasteiger partial charge in [-0.1, -0.05) is 0 Å². The van der Waals surface area contributed by atoms with Crippen LogP contribution in [0.1, 0.15) is 51.3 Å². The van der Waals surface area contributed by atoms with Gasteiger partial charge in [-0.05, 0) is 45.7 Å². The number of carbonyl (C=O) groups is 1. The minimum Gasteiger partial charge on any atom is -0.425 e. The van der Waals surface area contributed by atoms with E-state index in [2.05, 4.69) is 40.6 Å². The average molecular weight is 544 g/mol. The van der Waals surface area contributed by atoms with E-state index in [1.165, 1.54) is 30.7 Å². The van der Waals surface area contributed by atoms with Crippen molar-refractivity contribution in [3.05, 3.63) is 48.3 Å².